The molecule has 3 aromatic rings. The molecular weight excluding hydrogens is 287 g/mol. The molecule has 0 aliphatic carbocycles. The van der Waals surface area contributed by atoms with Crippen LogP contribution in [0.3, 0.4) is 0 Å². The average molecular weight is 294 g/mol. The molecule has 0 atom stereocenters. The number of hydrogen-bond acceptors (Lipinski definition) is 4. The number of nitrogens with zero attached hydrogens (tertiary/aromatic N) is 4. The summed E-state index contributed by atoms with van der Waals surface area (Å²) in [5.41, 5.74) is 1.88. The second-order valence-electron chi connectivity index (χ2n) is 3.58. The van der Waals surface area contributed by atoms with Crippen molar-refractivity contribution in [2.75, 3.05) is 0 Å². The number of para-hydroxylation sites is 1. The van der Waals surface area contributed by atoms with E-state index in [1.165, 1.54) is 4.85 Å². The van der Waals surface area contributed by atoms with E-state index in [1.807, 2.05) is 30.3 Å². The molecule has 1 aromatic heterocycles. The molecule has 5 nitrogen and oxygen atoms in total. The zero-order valence-electron chi connectivity index (χ0n) is 9.57. The fraction of sp³-hybridized carbons (Fsp3) is 0. The van der Waals surface area contributed by atoms with Crippen LogP contribution in [0.5, 0.6) is 5.75 Å². The van der Waals surface area contributed by atoms with Crippen molar-refractivity contribution in [2.24, 2.45) is 0 Å². The topological polar surface area (TPSA) is 63.7 Å². The summed E-state index contributed by atoms with van der Waals surface area (Å²) in [6.45, 7) is 0. The third kappa shape index (κ3) is 2.42. The summed E-state index contributed by atoms with van der Waals surface area (Å²) < 4.78 is 0. The van der Waals surface area contributed by atoms with Gasteiger partial charge in [0.15, 0.2) is 0 Å². The molecule has 0 spiro atoms. The molecule has 2 aromatic carbocycles. The van der Waals surface area contributed by atoms with E-state index < -0.39 is 0 Å². The summed E-state index contributed by atoms with van der Waals surface area (Å²) in [4.78, 5) is 6.85. The van der Waals surface area contributed by atoms with Crippen LogP contribution in [0.2, 0.25) is 0 Å². The van der Waals surface area contributed by atoms with Gasteiger partial charge in [0.2, 0.25) is 0 Å². The molecule has 0 fully saturated rings. The largest absolute Gasteiger partial charge is 0.381 e. The Kier molecular flexibility index (Phi) is 3.80. The van der Waals surface area contributed by atoms with E-state index in [2.05, 4.69) is 16.4 Å². The third-order valence-corrected chi connectivity index (χ3v) is 2.45. The fourth-order valence-corrected chi connectivity index (χ4v) is 1.59. The van der Waals surface area contributed by atoms with Gasteiger partial charge in [-0.2, -0.15) is 18.2 Å². The van der Waals surface area contributed by atoms with Crippen molar-refractivity contribution in [3.05, 3.63) is 54.1 Å². The molecule has 0 saturated heterocycles. The Labute approximate surface area is 119 Å². The smallest absolute Gasteiger partial charge is 0.131 e. The molecule has 19 heavy (non-hydrogen) atoms. The molecular formula is C13H7CoN4O-. The maximum Gasteiger partial charge on any atom is 0.131 e. The van der Waals surface area contributed by atoms with Crippen LogP contribution < -0.4 is 4.84 Å². The Morgan fingerprint density at radius 1 is 1.26 bits per heavy atom. The first-order chi connectivity index (χ1) is 8.88. The van der Waals surface area contributed by atoms with Crippen LogP contribution in [0.4, 0.5) is 0 Å². The molecule has 0 bridgehead atoms. The van der Waals surface area contributed by atoms with Crippen LogP contribution in [0.1, 0.15) is 5.56 Å². The maximum absolute atomic E-state index is 8.97. The second-order valence-corrected chi connectivity index (χ2v) is 3.58. The van der Waals surface area contributed by atoms with Gasteiger partial charge >= 0.3 is 0 Å². The standard InChI is InChI=1S/C13H7N4O.Co/c14-9-10-5-1-4-8-13(10)18-17-12-7-3-2-6-11(12)15-16-17;/h2-8H;/q-1;. The van der Waals surface area contributed by atoms with Crippen molar-refractivity contribution in [2.45, 2.75) is 0 Å². The first kappa shape index (κ1) is 13.1. The Morgan fingerprint density at radius 2 is 2.11 bits per heavy atom. The second kappa shape index (κ2) is 5.52. The van der Waals surface area contributed by atoms with Gasteiger partial charge in [-0.3, -0.25) is 0 Å². The molecule has 0 N–H and O–H groups in total. The van der Waals surface area contributed by atoms with Crippen LogP contribution in [0, 0.1) is 17.4 Å². The van der Waals surface area contributed by atoms with Crippen LogP contribution >= 0.6 is 0 Å². The number of nitriles is 1. The molecule has 0 amide bonds. The summed E-state index contributed by atoms with van der Waals surface area (Å²) in [5, 5.41) is 16.8. The van der Waals surface area contributed by atoms with Crippen molar-refractivity contribution in [3.63, 3.8) is 0 Å². The minimum Gasteiger partial charge on any atom is -0.381 e. The van der Waals surface area contributed by atoms with E-state index in [0.717, 1.165) is 11.0 Å². The van der Waals surface area contributed by atoms with Gasteiger partial charge in [0.05, 0.1) is 5.75 Å². The predicted octanol–water partition coefficient (Wildman–Crippen LogP) is 1.94. The van der Waals surface area contributed by atoms with Crippen molar-refractivity contribution in [1.82, 2.24) is 15.2 Å². The van der Waals surface area contributed by atoms with Gasteiger partial charge < -0.3 is 4.84 Å². The monoisotopic (exact) mass is 294 g/mol. The van der Waals surface area contributed by atoms with Crippen LogP contribution in [0.25, 0.3) is 11.0 Å². The van der Waals surface area contributed by atoms with E-state index in [0.29, 0.717) is 11.3 Å². The number of rotatable bonds is 2. The van der Waals surface area contributed by atoms with Crippen molar-refractivity contribution >= 4 is 11.0 Å². The van der Waals surface area contributed by atoms with E-state index in [1.54, 1.807) is 18.2 Å². The first-order valence-corrected chi connectivity index (χ1v) is 5.27. The molecule has 0 unspecified atom stereocenters. The quantitative estimate of drug-likeness (QED) is 0.678. The van der Waals surface area contributed by atoms with Crippen LogP contribution in [-0.2, 0) is 16.8 Å². The summed E-state index contributed by atoms with van der Waals surface area (Å²) in [7, 11) is 0. The van der Waals surface area contributed by atoms with E-state index in [9.17, 15) is 0 Å². The Hall–Kier alpha value is -2.36. The molecule has 0 aliphatic rings. The molecule has 6 heteroatoms. The van der Waals surface area contributed by atoms with Crippen LogP contribution in [0.15, 0.2) is 42.5 Å². The normalized spacial score (nSPS) is 9.63. The average Bonchev–Trinajstić information content (AvgIpc) is 2.83. The van der Waals surface area contributed by atoms with Gasteiger partial charge in [-0.25, -0.2) is 5.26 Å². The maximum atomic E-state index is 8.97. The van der Waals surface area contributed by atoms with E-state index >= 15 is 0 Å². The predicted molar refractivity (Wildman–Crippen MR) is 63.5 cm³/mol. The van der Waals surface area contributed by atoms with Crippen molar-refractivity contribution in [3.8, 4) is 11.8 Å². The van der Waals surface area contributed by atoms with Gasteiger partial charge in [-0.05, 0) is 22.9 Å². The van der Waals surface area contributed by atoms with Gasteiger partial charge in [-0.15, -0.1) is 11.2 Å². The summed E-state index contributed by atoms with van der Waals surface area (Å²) in [5.74, 6) is 0.423. The molecule has 0 aliphatic heterocycles. The number of benzene rings is 2. The molecule has 3 rings (SSSR count). The minimum atomic E-state index is 0. The van der Waals surface area contributed by atoms with Crippen molar-refractivity contribution in [1.29, 1.82) is 5.26 Å². The first-order valence-electron chi connectivity index (χ1n) is 5.27. The van der Waals surface area contributed by atoms with Crippen molar-refractivity contribution < 1.29 is 21.6 Å². The Morgan fingerprint density at radius 3 is 2.95 bits per heavy atom. The summed E-state index contributed by atoms with van der Waals surface area (Å²) in [6, 6.07) is 17.2. The Balaban J connectivity index is 0.00000133. The van der Waals surface area contributed by atoms with Gasteiger partial charge in [-0.1, -0.05) is 17.0 Å². The zero-order chi connectivity index (χ0) is 12.4. The fourth-order valence-electron chi connectivity index (χ4n) is 1.59. The molecule has 1 heterocycles. The molecule has 0 saturated carbocycles. The van der Waals surface area contributed by atoms with Gasteiger partial charge in [0, 0.05) is 22.8 Å². The van der Waals surface area contributed by atoms with E-state index in [-0.39, 0.29) is 16.8 Å². The minimum absolute atomic E-state index is 0. The van der Waals surface area contributed by atoms with Gasteiger partial charge in [0.25, 0.3) is 0 Å². The molecule has 1 radical (unpaired) electrons. The zero-order valence-corrected chi connectivity index (χ0v) is 10.6. The third-order valence-electron chi connectivity index (χ3n) is 2.45. The van der Waals surface area contributed by atoms with E-state index in [4.69, 9.17) is 10.1 Å². The number of aromatic nitrogens is 3. The molecule has 95 valence electrons. The summed E-state index contributed by atoms with van der Waals surface area (Å²) in [6.07, 6.45) is 0. The summed E-state index contributed by atoms with van der Waals surface area (Å²) >= 11 is 0. The SMILES string of the molecule is N#Cc1c[c-]ccc1On1nnc2ccccc21.[Co]. The number of hydrogen-bond donors (Lipinski definition) is 0. The van der Waals surface area contributed by atoms with Crippen LogP contribution in [-0.4, -0.2) is 15.2 Å². The van der Waals surface area contributed by atoms with Gasteiger partial charge in [0.1, 0.15) is 11.0 Å². The number of fused-ring (bicyclic) bond motifs is 1. The Bertz CT molecular complexity index is 747.